The molecule has 4 heteroatoms. The van der Waals surface area contributed by atoms with Crippen LogP contribution >= 0.6 is 12.6 Å². The van der Waals surface area contributed by atoms with Gasteiger partial charge in [0.05, 0.1) is 5.92 Å². The fraction of sp³-hybridized carbons (Fsp3) is 0.833. The van der Waals surface area contributed by atoms with E-state index in [9.17, 15) is 4.79 Å². The summed E-state index contributed by atoms with van der Waals surface area (Å²) < 4.78 is 0. The number of carbonyl (C=O) groups is 1. The van der Waals surface area contributed by atoms with Gasteiger partial charge in [-0.15, -0.1) is 0 Å². The second-order valence-electron chi connectivity index (χ2n) is 2.15. The van der Waals surface area contributed by atoms with E-state index in [-0.39, 0.29) is 5.92 Å². The third-order valence-corrected chi connectivity index (χ3v) is 1.77. The van der Waals surface area contributed by atoms with Crippen molar-refractivity contribution >= 4 is 18.6 Å². The van der Waals surface area contributed by atoms with Gasteiger partial charge in [0.1, 0.15) is 0 Å². The van der Waals surface area contributed by atoms with E-state index in [4.69, 9.17) is 10.8 Å². The minimum Gasteiger partial charge on any atom is -0.481 e. The van der Waals surface area contributed by atoms with E-state index in [1.807, 2.05) is 0 Å². The van der Waals surface area contributed by atoms with Crippen LogP contribution in [0.15, 0.2) is 0 Å². The van der Waals surface area contributed by atoms with Crippen LogP contribution in [-0.2, 0) is 4.79 Å². The van der Waals surface area contributed by atoms with Crippen molar-refractivity contribution in [2.45, 2.75) is 12.8 Å². The van der Waals surface area contributed by atoms with Crippen molar-refractivity contribution in [2.24, 2.45) is 11.7 Å². The number of thiol groups is 1. The summed E-state index contributed by atoms with van der Waals surface area (Å²) in [5, 5.41) is 8.51. The predicted molar refractivity (Wildman–Crippen MR) is 43.3 cm³/mol. The van der Waals surface area contributed by atoms with Gasteiger partial charge in [0, 0.05) is 5.75 Å². The summed E-state index contributed by atoms with van der Waals surface area (Å²) in [6.45, 7) is 0.553. The molecular formula is C6H13NO2S. The molecular weight excluding hydrogens is 150 g/mol. The van der Waals surface area contributed by atoms with Crippen molar-refractivity contribution in [1.82, 2.24) is 0 Å². The van der Waals surface area contributed by atoms with Crippen LogP contribution in [-0.4, -0.2) is 23.4 Å². The zero-order valence-electron chi connectivity index (χ0n) is 5.79. The summed E-state index contributed by atoms with van der Waals surface area (Å²) in [4.78, 5) is 10.3. The molecule has 1 unspecified atom stereocenters. The highest BCUT2D eigenvalue weighted by atomic mass is 32.1. The molecule has 0 fully saturated rings. The molecule has 0 aromatic rings. The lowest BCUT2D eigenvalue weighted by molar-refractivity contribution is -0.141. The molecule has 0 rings (SSSR count). The quantitative estimate of drug-likeness (QED) is 0.513. The predicted octanol–water partition coefficient (Wildman–Crippen LogP) is 0.356. The summed E-state index contributed by atoms with van der Waals surface area (Å²) in [5.41, 5.74) is 5.21. The van der Waals surface area contributed by atoms with Gasteiger partial charge in [-0.1, -0.05) is 0 Å². The molecule has 0 spiro atoms. The molecule has 0 aliphatic rings. The molecule has 0 aromatic heterocycles. The Hall–Kier alpha value is -0.220. The van der Waals surface area contributed by atoms with Crippen molar-refractivity contribution in [3.05, 3.63) is 0 Å². The average molecular weight is 163 g/mol. The standard InChI is InChI=1S/C6H13NO2S/c7-3-1-2-5(4-10)6(8)9/h5,10H,1-4,7H2,(H,8,9). The zero-order chi connectivity index (χ0) is 7.98. The van der Waals surface area contributed by atoms with Crippen LogP contribution in [0.2, 0.25) is 0 Å². The number of nitrogens with two attached hydrogens (primary N) is 1. The monoisotopic (exact) mass is 163 g/mol. The molecule has 0 radical (unpaired) electrons. The second kappa shape index (κ2) is 5.56. The lowest BCUT2D eigenvalue weighted by atomic mass is 10.1. The van der Waals surface area contributed by atoms with Crippen LogP contribution in [0.25, 0.3) is 0 Å². The van der Waals surface area contributed by atoms with E-state index in [2.05, 4.69) is 12.6 Å². The maximum atomic E-state index is 10.3. The highest BCUT2D eigenvalue weighted by Gasteiger charge is 2.13. The molecule has 0 aromatic carbocycles. The summed E-state index contributed by atoms with van der Waals surface area (Å²) in [6, 6.07) is 0. The molecule has 0 aliphatic carbocycles. The van der Waals surface area contributed by atoms with Crippen molar-refractivity contribution in [2.75, 3.05) is 12.3 Å². The normalized spacial score (nSPS) is 13.0. The lowest BCUT2D eigenvalue weighted by Crippen LogP contribution is -2.16. The molecule has 0 heterocycles. The molecule has 3 nitrogen and oxygen atoms in total. The van der Waals surface area contributed by atoms with Gasteiger partial charge < -0.3 is 10.8 Å². The molecule has 0 saturated carbocycles. The largest absolute Gasteiger partial charge is 0.481 e. The Morgan fingerprint density at radius 3 is 2.60 bits per heavy atom. The van der Waals surface area contributed by atoms with Crippen molar-refractivity contribution < 1.29 is 9.90 Å². The first-order chi connectivity index (χ1) is 4.72. The van der Waals surface area contributed by atoms with Gasteiger partial charge in [-0.25, -0.2) is 0 Å². The molecule has 60 valence electrons. The van der Waals surface area contributed by atoms with Gasteiger partial charge in [-0.2, -0.15) is 12.6 Å². The molecule has 10 heavy (non-hydrogen) atoms. The van der Waals surface area contributed by atoms with Gasteiger partial charge in [0.15, 0.2) is 0 Å². The summed E-state index contributed by atoms with van der Waals surface area (Å²) in [5.74, 6) is -0.703. The topological polar surface area (TPSA) is 63.3 Å². The molecule has 0 amide bonds. The fourth-order valence-electron chi connectivity index (χ4n) is 0.657. The van der Waals surface area contributed by atoms with Gasteiger partial charge >= 0.3 is 5.97 Å². The Kier molecular flexibility index (Phi) is 5.43. The molecule has 1 atom stereocenters. The van der Waals surface area contributed by atoms with Crippen LogP contribution in [0, 0.1) is 5.92 Å². The number of hydrogen-bond donors (Lipinski definition) is 3. The first kappa shape index (κ1) is 9.78. The smallest absolute Gasteiger partial charge is 0.307 e. The molecule has 3 N–H and O–H groups in total. The SMILES string of the molecule is NCCCC(CS)C(=O)O. The van der Waals surface area contributed by atoms with Crippen molar-refractivity contribution in [1.29, 1.82) is 0 Å². The van der Waals surface area contributed by atoms with E-state index in [1.54, 1.807) is 0 Å². The summed E-state index contributed by atoms with van der Waals surface area (Å²) in [7, 11) is 0. The Bertz CT molecular complexity index is 108. The van der Waals surface area contributed by atoms with Crippen LogP contribution in [0.5, 0.6) is 0 Å². The van der Waals surface area contributed by atoms with Gasteiger partial charge in [-0.3, -0.25) is 4.79 Å². The minimum atomic E-state index is -0.775. The first-order valence-corrected chi connectivity index (χ1v) is 3.89. The Labute approximate surface area is 66.0 Å². The van der Waals surface area contributed by atoms with Gasteiger partial charge in [0.25, 0.3) is 0 Å². The van der Waals surface area contributed by atoms with Crippen LogP contribution in [0.3, 0.4) is 0 Å². The number of carboxylic acids is 1. The van der Waals surface area contributed by atoms with Crippen LogP contribution < -0.4 is 5.73 Å². The van der Waals surface area contributed by atoms with Crippen molar-refractivity contribution in [3.8, 4) is 0 Å². The molecule has 0 aliphatic heterocycles. The Morgan fingerprint density at radius 2 is 2.30 bits per heavy atom. The highest BCUT2D eigenvalue weighted by Crippen LogP contribution is 2.07. The minimum absolute atomic E-state index is 0.327. The maximum absolute atomic E-state index is 10.3. The second-order valence-corrected chi connectivity index (χ2v) is 2.51. The molecule has 0 saturated heterocycles. The Balaban J connectivity index is 3.50. The average Bonchev–Trinajstić information content (AvgIpc) is 1.89. The third kappa shape index (κ3) is 3.74. The third-order valence-electron chi connectivity index (χ3n) is 1.33. The number of hydrogen-bond acceptors (Lipinski definition) is 3. The van der Waals surface area contributed by atoms with E-state index in [0.29, 0.717) is 18.7 Å². The van der Waals surface area contributed by atoms with E-state index < -0.39 is 5.97 Å². The Morgan fingerprint density at radius 1 is 1.70 bits per heavy atom. The highest BCUT2D eigenvalue weighted by molar-refractivity contribution is 7.80. The maximum Gasteiger partial charge on any atom is 0.307 e. The van der Waals surface area contributed by atoms with Crippen LogP contribution in [0.4, 0.5) is 0 Å². The van der Waals surface area contributed by atoms with Gasteiger partial charge in [0.2, 0.25) is 0 Å². The number of carboxylic acid groups (broad SMARTS) is 1. The fourth-order valence-corrected chi connectivity index (χ4v) is 0.996. The summed E-state index contributed by atoms with van der Waals surface area (Å²) >= 11 is 3.91. The van der Waals surface area contributed by atoms with E-state index in [0.717, 1.165) is 6.42 Å². The van der Waals surface area contributed by atoms with Gasteiger partial charge in [-0.05, 0) is 19.4 Å². The lowest BCUT2D eigenvalue weighted by Gasteiger charge is -2.06. The zero-order valence-corrected chi connectivity index (χ0v) is 6.68. The van der Waals surface area contributed by atoms with E-state index in [1.165, 1.54) is 0 Å². The summed E-state index contributed by atoms with van der Waals surface area (Å²) in [6.07, 6.45) is 1.40. The van der Waals surface area contributed by atoms with E-state index >= 15 is 0 Å². The molecule has 0 bridgehead atoms. The number of rotatable bonds is 5. The number of aliphatic carboxylic acids is 1. The van der Waals surface area contributed by atoms with Crippen molar-refractivity contribution in [3.63, 3.8) is 0 Å². The van der Waals surface area contributed by atoms with Crippen LogP contribution in [0.1, 0.15) is 12.8 Å². The first-order valence-electron chi connectivity index (χ1n) is 3.26.